The summed E-state index contributed by atoms with van der Waals surface area (Å²) < 4.78 is 4.98. The molecule has 0 aliphatic carbocycles. The van der Waals surface area contributed by atoms with Crippen molar-refractivity contribution in [2.75, 3.05) is 13.7 Å². The van der Waals surface area contributed by atoms with Gasteiger partial charge in [0.1, 0.15) is 0 Å². The first kappa shape index (κ1) is 18.0. The molecule has 7 nitrogen and oxygen atoms in total. The maximum Gasteiger partial charge on any atom is 0.259 e. The average Bonchev–Trinajstić information content (AvgIpc) is 2.61. The van der Waals surface area contributed by atoms with Crippen LogP contribution in [-0.2, 0) is 4.79 Å². The fraction of sp³-hybridized carbons (Fsp3) is 0.167. The van der Waals surface area contributed by atoms with Crippen molar-refractivity contribution in [1.82, 2.24) is 10.7 Å². The number of hydrogen-bond donors (Lipinski definition) is 3. The number of para-hydroxylation sites is 1. The third-order valence-corrected chi connectivity index (χ3v) is 3.44. The number of phenolic OH excluding ortho intramolecular Hbond substituents is 1. The summed E-state index contributed by atoms with van der Waals surface area (Å²) in [7, 11) is 1.44. The summed E-state index contributed by atoms with van der Waals surface area (Å²) in [6.45, 7) is 1.61. The molecule has 2 aromatic carbocycles. The van der Waals surface area contributed by atoms with Crippen LogP contribution in [0.2, 0.25) is 0 Å². The van der Waals surface area contributed by atoms with Crippen LogP contribution in [0.15, 0.2) is 47.6 Å². The monoisotopic (exact) mass is 341 g/mol. The van der Waals surface area contributed by atoms with E-state index in [1.807, 2.05) is 19.1 Å². The molecule has 130 valence electrons. The van der Waals surface area contributed by atoms with Crippen LogP contribution in [0.25, 0.3) is 0 Å². The van der Waals surface area contributed by atoms with Gasteiger partial charge in [-0.3, -0.25) is 9.59 Å². The number of nitrogens with zero attached hydrogens (tertiary/aromatic N) is 1. The molecule has 0 saturated heterocycles. The Balaban J connectivity index is 1.87. The van der Waals surface area contributed by atoms with Crippen molar-refractivity contribution in [2.24, 2.45) is 5.10 Å². The van der Waals surface area contributed by atoms with E-state index < -0.39 is 5.91 Å². The molecule has 0 bridgehead atoms. The summed E-state index contributed by atoms with van der Waals surface area (Å²) in [6.07, 6.45) is 1.29. The highest BCUT2D eigenvalue weighted by molar-refractivity contribution is 5.97. The number of rotatable bonds is 6. The van der Waals surface area contributed by atoms with Gasteiger partial charge in [-0.1, -0.05) is 24.3 Å². The number of hydrogen-bond acceptors (Lipinski definition) is 5. The van der Waals surface area contributed by atoms with Crippen molar-refractivity contribution in [3.8, 4) is 11.5 Å². The SMILES string of the molecule is COc1cccc(C=NNC(=O)CNC(=O)c2ccccc2C)c1O. The number of aryl methyl sites for hydroxylation is 1. The van der Waals surface area contributed by atoms with Crippen molar-refractivity contribution in [2.45, 2.75) is 6.92 Å². The predicted octanol–water partition coefficient (Wildman–Crippen LogP) is 1.59. The fourth-order valence-corrected chi connectivity index (χ4v) is 2.10. The van der Waals surface area contributed by atoms with Gasteiger partial charge >= 0.3 is 0 Å². The number of nitrogens with one attached hydrogen (secondary N) is 2. The van der Waals surface area contributed by atoms with E-state index in [1.165, 1.54) is 13.3 Å². The molecule has 0 aliphatic rings. The highest BCUT2D eigenvalue weighted by Gasteiger charge is 2.09. The summed E-state index contributed by atoms with van der Waals surface area (Å²) >= 11 is 0. The number of ether oxygens (including phenoxy) is 1. The van der Waals surface area contributed by atoms with Crippen LogP contribution in [0, 0.1) is 6.92 Å². The first-order chi connectivity index (χ1) is 12.0. The topological polar surface area (TPSA) is 100 Å². The molecule has 0 saturated carbocycles. The minimum absolute atomic E-state index is 0.0733. The van der Waals surface area contributed by atoms with Gasteiger partial charge in [0.25, 0.3) is 11.8 Å². The first-order valence-electron chi connectivity index (χ1n) is 7.54. The number of phenols is 1. The number of methoxy groups -OCH3 is 1. The van der Waals surface area contributed by atoms with Crippen LogP contribution < -0.4 is 15.5 Å². The Morgan fingerprint density at radius 3 is 2.68 bits per heavy atom. The second-order valence-electron chi connectivity index (χ2n) is 5.19. The second kappa shape index (κ2) is 8.49. The van der Waals surface area contributed by atoms with Crippen molar-refractivity contribution < 1.29 is 19.4 Å². The lowest BCUT2D eigenvalue weighted by atomic mass is 10.1. The lowest BCUT2D eigenvalue weighted by molar-refractivity contribution is -0.120. The van der Waals surface area contributed by atoms with E-state index in [0.717, 1.165) is 5.56 Å². The lowest BCUT2D eigenvalue weighted by Crippen LogP contribution is -2.35. The van der Waals surface area contributed by atoms with Gasteiger partial charge in [0.05, 0.1) is 19.9 Å². The maximum absolute atomic E-state index is 12.0. The summed E-state index contributed by atoms with van der Waals surface area (Å²) in [6, 6.07) is 12.0. The van der Waals surface area contributed by atoms with Gasteiger partial charge in [0.15, 0.2) is 11.5 Å². The molecule has 0 heterocycles. The smallest absolute Gasteiger partial charge is 0.259 e. The lowest BCUT2D eigenvalue weighted by Gasteiger charge is -2.07. The second-order valence-corrected chi connectivity index (χ2v) is 5.19. The molecular formula is C18H19N3O4. The molecule has 0 radical (unpaired) electrons. The highest BCUT2D eigenvalue weighted by atomic mass is 16.5. The number of carbonyl (C=O) groups excluding carboxylic acids is 2. The number of amides is 2. The first-order valence-corrected chi connectivity index (χ1v) is 7.54. The van der Waals surface area contributed by atoms with Gasteiger partial charge in [0.2, 0.25) is 0 Å². The number of aromatic hydroxyl groups is 1. The Morgan fingerprint density at radius 2 is 1.96 bits per heavy atom. The molecule has 2 amide bonds. The zero-order valence-corrected chi connectivity index (χ0v) is 13.9. The van der Waals surface area contributed by atoms with Crippen LogP contribution in [0.1, 0.15) is 21.5 Å². The zero-order chi connectivity index (χ0) is 18.2. The number of hydrazone groups is 1. The zero-order valence-electron chi connectivity index (χ0n) is 13.9. The van der Waals surface area contributed by atoms with E-state index >= 15 is 0 Å². The van der Waals surface area contributed by atoms with E-state index in [4.69, 9.17) is 4.74 Å². The van der Waals surface area contributed by atoms with E-state index in [1.54, 1.807) is 30.3 Å². The minimum Gasteiger partial charge on any atom is -0.504 e. The van der Waals surface area contributed by atoms with Crippen molar-refractivity contribution in [1.29, 1.82) is 0 Å². The van der Waals surface area contributed by atoms with Crippen LogP contribution in [-0.4, -0.2) is 36.8 Å². The summed E-state index contributed by atoms with van der Waals surface area (Å²) in [5.74, 6) is -0.583. The van der Waals surface area contributed by atoms with Crippen LogP contribution >= 0.6 is 0 Å². The summed E-state index contributed by atoms with van der Waals surface area (Å²) in [4.78, 5) is 23.7. The quantitative estimate of drug-likeness (QED) is 0.549. The van der Waals surface area contributed by atoms with E-state index in [2.05, 4.69) is 15.8 Å². The van der Waals surface area contributed by atoms with Gasteiger partial charge in [0, 0.05) is 11.1 Å². The van der Waals surface area contributed by atoms with Crippen LogP contribution in [0.5, 0.6) is 11.5 Å². The number of benzene rings is 2. The van der Waals surface area contributed by atoms with Gasteiger partial charge < -0.3 is 15.2 Å². The molecule has 0 fully saturated rings. The van der Waals surface area contributed by atoms with Gasteiger partial charge in [-0.25, -0.2) is 5.43 Å². The predicted molar refractivity (Wildman–Crippen MR) is 93.9 cm³/mol. The molecule has 3 N–H and O–H groups in total. The minimum atomic E-state index is -0.486. The molecule has 2 rings (SSSR count). The van der Waals surface area contributed by atoms with E-state index in [-0.39, 0.29) is 18.2 Å². The number of carbonyl (C=O) groups is 2. The fourth-order valence-electron chi connectivity index (χ4n) is 2.10. The third kappa shape index (κ3) is 4.81. The molecule has 0 unspecified atom stereocenters. The van der Waals surface area contributed by atoms with Crippen molar-refractivity contribution in [3.63, 3.8) is 0 Å². The molecule has 25 heavy (non-hydrogen) atoms. The highest BCUT2D eigenvalue weighted by Crippen LogP contribution is 2.27. The molecular weight excluding hydrogens is 322 g/mol. The van der Waals surface area contributed by atoms with Crippen LogP contribution in [0.3, 0.4) is 0 Å². The Labute approximate surface area is 145 Å². The Hall–Kier alpha value is -3.35. The van der Waals surface area contributed by atoms with E-state index in [0.29, 0.717) is 16.9 Å². The standard InChI is InChI=1S/C18H19N3O4/c1-12-6-3-4-8-14(12)18(24)19-11-16(22)21-20-10-13-7-5-9-15(25-2)17(13)23/h3-10,23H,11H2,1-2H3,(H,19,24)(H,21,22). The van der Waals surface area contributed by atoms with Gasteiger partial charge in [-0.2, -0.15) is 5.10 Å². The molecule has 0 atom stereocenters. The molecule has 7 heteroatoms. The average molecular weight is 341 g/mol. The maximum atomic E-state index is 12.0. The Morgan fingerprint density at radius 1 is 1.20 bits per heavy atom. The van der Waals surface area contributed by atoms with Gasteiger partial charge in [-0.05, 0) is 30.7 Å². The molecule has 2 aromatic rings. The van der Waals surface area contributed by atoms with Gasteiger partial charge in [-0.15, -0.1) is 0 Å². The van der Waals surface area contributed by atoms with Crippen molar-refractivity contribution in [3.05, 3.63) is 59.2 Å². The van der Waals surface area contributed by atoms with E-state index in [9.17, 15) is 14.7 Å². The molecule has 0 aromatic heterocycles. The normalized spacial score (nSPS) is 10.5. The Kier molecular flexibility index (Phi) is 6.11. The molecule has 0 spiro atoms. The summed E-state index contributed by atoms with van der Waals surface area (Å²) in [5.41, 5.74) is 4.01. The largest absolute Gasteiger partial charge is 0.504 e. The Bertz CT molecular complexity index is 803. The van der Waals surface area contributed by atoms with Crippen molar-refractivity contribution >= 4 is 18.0 Å². The summed E-state index contributed by atoms with van der Waals surface area (Å²) in [5, 5.41) is 16.2. The van der Waals surface area contributed by atoms with Crippen LogP contribution in [0.4, 0.5) is 0 Å². The molecule has 0 aliphatic heterocycles. The third-order valence-electron chi connectivity index (χ3n) is 3.44.